The first-order valence-electron chi connectivity index (χ1n) is 6.35. The van der Waals surface area contributed by atoms with Gasteiger partial charge in [-0.1, -0.05) is 6.92 Å². The lowest BCUT2D eigenvalue weighted by Crippen LogP contribution is -2.48. The maximum atomic E-state index is 13.2. The minimum absolute atomic E-state index is 0.0672. The van der Waals surface area contributed by atoms with Crippen molar-refractivity contribution in [3.8, 4) is 6.07 Å². The number of hydrogen-bond acceptors (Lipinski definition) is 3. The predicted octanol–water partition coefficient (Wildman–Crippen LogP) is 2.02. The molecule has 1 aliphatic heterocycles. The van der Waals surface area contributed by atoms with Crippen molar-refractivity contribution >= 4 is 11.6 Å². The maximum Gasteiger partial charge on any atom is 0.241 e. The molecule has 0 radical (unpaired) electrons. The Labute approximate surface area is 111 Å². The average Bonchev–Trinajstić information content (AvgIpc) is 2.41. The van der Waals surface area contributed by atoms with E-state index >= 15 is 0 Å². The second kappa shape index (κ2) is 5.81. The lowest BCUT2D eigenvalue weighted by molar-refractivity contribution is -0.119. The highest BCUT2D eigenvalue weighted by atomic mass is 19.1. The SMILES string of the molecule is CC1CCCNC1C(=O)Nc1ccc(F)c(C#N)c1. The predicted molar refractivity (Wildman–Crippen MR) is 69.9 cm³/mol. The first-order valence-corrected chi connectivity index (χ1v) is 6.35. The third-order valence-corrected chi connectivity index (χ3v) is 3.41. The van der Waals surface area contributed by atoms with Crippen molar-refractivity contribution < 1.29 is 9.18 Å². The van der Waals surface area contributed by atoms with E-state index in [0.717, 1.165) is 19.4 Å². The fourth-order valence-corrected chi connectivity index (χ4v) is 2.31. The molecule has 2 unspecified atom stereocenters. The average molecular weight is 261 g/mol. The molecule has 5 heteroatoms. The number of hydrogen-bond donors (Lipinski definition) is 2. The Morgan fingerprint density at radius 2 is 2.37 bits per heavy atom. The number of piperidine rings is 1. The smallest absolute Gasteiger partial charge is 0.241 e. The molecule has 0 bridgehead atoms. The van der Waals surface area contributed by atoms with Gasteiger partial charge in [-0.3, -0.25) is 4.79 Å². The first-order chi connectivity index (χ1) is 9.11. The van der Waals surface area contributed by atoms with E-state index in [1.807, 2.05) is 6.92 Å². The van der Waals surface area contributed by atoms with Crippen LogP contribution in [0.5, 0.6) is 0 Å². The molecule has 100 valence electrons. The van der Waals surface area contributed by atoms with E-state index in [1.54, 1.807) is 6.07 Å². The Morgan fingerprint density at radius 1 is 1.58 bits per heavy atom. The summed E-state index contributed by atoms with van der Waals surface area (Å²) in [6, 6.07) is 5.52. The maximum absolute atomic E-state index is 13.2. The highest BCUT2D eigenvalue weighted by Gasteiger charge is 2.27. The Morgan fingerprint density at radius 3 is 3.05 bits per heavy atom. The molecule has 0 saturated carbocycles. The number of rotatable bonds is 2. The van der Waals surface area contributed by atoms with Crippen molar-refractivity contribution in [1.82, 2.24) is 5.32 Å². The molecule has 1 aliphatic rings. The summed E-state index contributed by atoms with van der Waals surface area (Å²) in [4.78, 5) is 12.1. The highest BCUT2D eigenvalue weighted by molar-refractivity contribution is 5.95. The van der Waals surface area contributed by atoms with Crippen LogP contribution in [0, 0.1) is 23.1 Å². The monoisotopic (exact) mass is 261 g/mol. The number of amides is 1. The molecule has 1 fully saturated rings. The Kier molecular flexibility index (Phi) is 4.13. The number of carbonyl (C=O) groups is 1. The Balaban J connectivity index is 2.08. The topological polar surface area (TPSA) is 64.9 Å². The fraction of sp³-hybridized carbons (Fsp3) is 0.429. The molecule has 1 aromatic rings. The van der Waals surface area contributed by atoms with Gasteiger partial charge in [0.25, 0.3) is 0 Å². The van der Waals surface area contributed by atoms with E-state index in [-0.39, 0.29) is 23.4 Å². The number of carbonyl (C=O) groups excluding carboxylic acids is 1. The zero-order valence-corrected chi connectivity index (χ0v) is 10.7. The van der Waals surface area contributed by atoms with E-state index in [0.29, 0.717) is 5.69 Å². The normalized spacial score (nSPS) is 22.6. The van der Waals surface area contributed by atoms with Crippen LogP contribution in [0.4, 0.5) is 10.1 Å². The van der Waals surface area contributed by atoms with Gasteiger partial charge in [-0.05, 0) is 43.5 Å². The highest BCUT2D eigenvalue weighted by Crippen LogP contribution is 2.18. The zero-order chi connectivity index (χ0) is 13.8. The summed E-state index contributed by atoms with van der Waals surface area (Å²) in [6.45, 7) is 2.86. The van der Waals surface area contributed by atoms with Crippen LogP contribution in [0.2, 0.25) is 0 Å². The van der Waals surface area contributed by atoms with Crippen LogP contribution in [-0.4, -0.2) is 18.5 Å². The molecule has 1 amide bonds. The molecular formula is C14H16FN3O. The molecule has 2 atom stereocenters. The number of nitrogens with zero attached hydrogens (tertiary/aromatic N) is 1. The molecule has 2 N–H and O–H groups in total. The Bertz CT molecular complexity index is 524. The van der Waals surface area contributed by atoms with Crippen LogP contribution >= 0.6 is 0 Å². The summed E-state index contributed by atoms with van der Waals surface area (Å²) in [6.07, 6.45) is 2.08. The van der Waals surface area contributed by atoms with Gasteiger partial charge in [0, 0.05) is 5.69 Å². The van der Waals surface area contributed by atoms with Crippen molar-refractivity contribution in [3.63, 3.8) is 0 Å². The van der Waals surface area contributed by atoms with Gasteiger partial charge in [-0.25, -0.2) is 4.39 Å². The second-order valence-corrected chi connectivity index (χ2v) is 4.85. The van der Waals surface area contributed by atoms with Crippen LogP contribution in [0.15, 0.2) is 18.2 Å². The molecule has 4 nitrogen and oxygen atoms in total. The van der Waals surface area contributed by atoms with Gasteiger partial charge >= 0.3 is 0 Å². The summed E-state index contributed by atoms with van der Waals surface area (Å²) in [5.74, 6) is -0.447. The van der Waals surface area contributed by atoms with Crippen LogP contribution in [0.25, 0.3) is 0 Å². The minimum Gasteiger partial charge on any atom is -0.325 e. The lowest BCUT2D eigenvalue weighted by atomic mass is 9.92. The second-order valence-electron chi connectivity index (χ2n) is 4.85. The number of benzene rings is 1. The summed E-state index contributed by atoms with van der Waals surface area (Å²) in [5.41, 5.74) is 0.380. The largest absolute Gasteiger partial charge is 0.325 e. The standard InChI is InChI=1S/C14H16FN3O/c1-9-3-2-6-17-13(9)14(19)18-11-4-5-12(15)10(7-11)8-16/h4-5,7,9,13,17H,2-3,6H2,1H3,(H,18,19). The van der Waals surface area contributed by atoms with E-state index < -0.39 is 5.82 Å². The lowest BCUT2D eigenvalue weighted by Gasteiger charge is -2.28. The number of nitrogens with one attached hydrogen (secondary N) is 2. The molecule has 0 aliphatic carbocycles. The van der Waals surface area contributed by atoms with Crippen molar-refractivity contribution in [1.29, 1.82) is 5.26 Å². The van der Waals surface area contributed by atoms with E-state index in [4.69, 9.17) is 5.26 Å². The summed E-state index contributed by atoms with van der Waals surface area (Å²) >= 11 is 0. The van der Waals surface area contributed by atoms with Gasteiger partial charge in [0.05, 0.1) is 11.6 Å². The minimum atomic E-state index is -0.579. The molecule has 0 spiro atoms. The molecular weight excluding hydrogens is 245 g/mol. The number of nitriles is 1. The van der Waals surface area contributed by atoms with Crippen LogP contribution in [-0.2, 0) is 4.79 Å². The molecule has 1 aromatic carbocycles. The quantitative estimate of drug-likeness (QED) is 0.856. The van der Waals surface area contributed by atoms with Crippen LogP contribution in [0.1, 0.15) is 25.3 Å². The van der Waals surface area contributed by atoms with Crippen molar-refractivity contribution in [2.45, 2.75) is 25.8 Å². The van der Waals surface area contributed by atoms with Crippen molar-refractivity contribution in [2.75, 3.05) is 11.9 Å². The van der Waals surface area contributed by atoms with Gasteiger partial charge in [-0.2, -0.15) is 5.26 Å². The molecule has 19 heavy (non-hydrogen) atoms. The summed E-state index contributed by atoms with van der Waals surface area (Å²) < 4.78 is 13.2. The van der Waals surface area contributed by atoms with Crippen molar-refractivity contribution in [2.24, 2.45) is 5.92 Å². The van der Waals surface area contributed by atoms with Gasteiger partial charge in [0.1, 0.15) is 11.9 Å². The van der Waals surface area contributed by atoms with E-state index in [1.165, 1.54) is 18.2 Å². The third-order valence-electron chi connectivity index (χ3n) is 3.41. The number of halogens is 1. The molecule has 0 aromatic heterocycles. The third kappa shape index (κ3) is 3.09. The van der Waals surface area contributed by atoms with Gasteiger partial charge in [0.15, 0.2) is 0 Å². The fourth-order valence-electron chi connectivity index (χ4n) is 2.31. The van der Waals surface area contributed by atoms with Crippen LogP contribution < -0.4 is 10.6 Å². The Hall–Kier alpha value is -1.93. The van der Waals surface area contributed by atoms with Gasteiger partial charge in [-0.15, -0.1) is 0 Å². The molecule has 1 heterocycles. The van der Waals surface area contributed by atoms with Gasteiger partial charge in [0.2, 0.25) is 5.91 Å². The summed E-state index contributed by atoms with van der Waals surface area (Å²) in [7, 11) is 0. The molecule has 1 saturated heterocycles. The zero-order valence-electron chi connectivity index (χ0n) is 10.7. The summed E-state index contributed by atoms with van der Waals surface area (Å²) in [5, 5.41) is 14.7. The molecule has 2 rings (SSSR count). The van der Waals surface area contributed by atoms with E-state index in [9.17, 15) is 9.18 Å². The van der Waals surface area contributed by atoms with Crippen LogP contribution in [0.3, 0.4) is 0 Å². The van der Waals surface area contributed by atoms with Crippen molar-refractivity contribution in [3.05, 3.63) is 29.6 Å². The van der Waals surface area contributed by atoms with E-state index in [2.05, 4.69) is 10.6 Å². The number of anilines is 1. The van der Waals surface area contributed by atoms with Gasteiger partial charge < -0.3 is 10.6 Å². The first kappa shape index (κ1) is 13.5.